The third-order valence-electron chi connectivity index (χ3n) is 5.79. The summed E-state index contributed by atoms with van der Waals surface area (Å²) in [5.74, 6) is -2.36. The first-order chi connectivity index (χ1) is 15.8. The highest BCUT2D eigenvalue weighted by atomic mass is 19.2. The SMILES string of the molecule is O=C(CCCn1c(=O)oc2cc([N+](=O)[O-])ccc21)NCC1CCN(c2ccc(F)c(F)c2)C1. The molecule has 9 nitrogen and oxygen atoms in total. The minimum Gasteiger partial charge on any atom is -0.407 e. The number of nitrogens with zero attached hydrogens (tertiary/aromatic N) is 3. The Morgan fingerprint density at radius 1 is 1.21 bits per heavy atom. The molecular weight excluding hydrogens is 438 g/mol. The Labute approximate surface area is 186 Å². The molecule has 0 radical (unpaired) electrons. The Kier molecular flexibility index (Phi) is 6.38. The van der Waals surface area contributed by atoms with Crippen molar-refractivity contribution < 1.29 is 22.9 Å². The Balaban J connectivity index is 1.24. The van der Waals surface area contributed by atoms with Crippen LogP contribution in [0.3, 0.4) is 0 Å². The Bertz CT molecular complexity index is 1260. The van der Waals surface area contributed by atoms with Crippen LogP contribution in [0.4, 0.5) is 20.2 Å². The van der Waals surface area contributed by atoms with Crippen molar-refractivity contribution in [1.29, 1.82) is 0 Å². The molecule has 33 heavy (non-hydrogen) atoms. The lowest BCUT2D eigenvalue weighted by Crippen LogP contribution is -2.31. The number of hydrogen-bond acceptors (Lipinski definition) is 6. The highest BCUT2D eigenvalue weighted by molar-refractivity contribution is 5.76. The molecule has 1 saturated heterocycles. The van der Waals surface area contributed by atoms with E-state index in [2.05, 4.69) is 5.32 Å². The minimum atomic E-state index is -0.882. The summed E-state index contributed by atoms with van der Waals surface area (Å²) in [7, 11) is 0. The molecule has 2 heterocycles. The van der Waals surface area contributed by atoms with Gasteiger partial charge in [0.15, 0.2) is 17.2 Å². The van der Waals surface area contributed by atoms with Gasteiger partial charge in [-0.05, 0) is 37.0 Å². The Morgan fingerprint density at radius 3 is 2.79 bits per heavy atom. The van der Waals surface area contributed by atoms with Crippen molar-refractivity contribution in [2.75, 3.05) is 24.5 Å². The van der Waals surface area contributed by atoms with Crippen LogP contribution in [0.2, 0.25) is 0 Å². The number of aryl methyl sites for hydroxylation is 1. The summed E-state index contributed by atoms with van der Waals surface area (Å²) in [6, 6.07) is 7.78. The number of non-ortho nitro benzene ring substituents is 1. The van der Waals surface area contributed by atoms with E-state index in [-0.39, 0.29) is 36.1 Å². The van der Waals surface area contributed by atoms with E-state index in [0.717, 1.165) is 12.5 Å². The number of benzene rings is 2. The van der Waals surface area contributed by atoms with Gasteiger partial charge in [-0.1, -0.05) is 0 Å². The second kappa shape index (κ2) is 9.39. The van der Waals surface area contributed by atoms with Gasteiger partial charge >= 0.3 is 5.76 Å². The van der Waals surface area contributed by atoms with E-state index in [1.165, 1.54) is 28.8 Å². The first-order valence-electron chi connectivity index (χ1n) is 10.6. The topological polar surface area (TPSA) is 111 Å². The molecule has 3 aromatic rings. The summed E-state index contributed by atoms with van der Waals surface area (Å²) in [4.78, 5) is 36.5. The number of nitrogens with one attached hydrogen (secondary N) is 1. The maximum absolute atomic E-state index is 13.5. The summed E-state index contributed by atoms with van der Waals surface area (Å²) in [6.07, 6.45) is 1.41. The third-order valence-corrected chi connectivity index (χ3v) is 5.79. The zero-order valence-corrected chi connectivity index (χ0v) is 17.6. The van der Waals surface area contributed by atoms with E-state index in [1.54, 1.807) is 6.07 Å². The maximum Gasteiger partial charge on any atom is 0.419 e. The van der Waals surface area contributed by atoms with E-state index >= 15 is 0 Å². The monoisotopic (exact) mass is 460 g/mol. The molecule has 1 aliphatic heterocycles. The molecule has 174 valence electrons. The van der Waals surface area contributed by atoms with Gasteiger partial charge < -0.3 is 14.6 Å². The lowest BCUT2D eigenvalue weighted by atomic mass is 10.1. The van der Waals surface area contributed by atoms with Crippen molar-refractivity contribution in [3.63, 3.8) is 0 Å². The number of carbonyl (C=O) groups is 1. The fourth-order valence-electron chi connectivity index (χ4n) is 4.04. The predicted octanol–water partition coefficient (Wildman–Crippen LogP) is 3.20. The van der Waals surface area contributed by atoms with Gasteiger partial charge in [-0.3, -0.25) is 19.5 Å². The zero-order chi connectivity index (χ0) is 23.5. The van der Waals surface area contributed by atoms with Crippen LogP contribution < -0.4 is 16.0 Å². The lowest BCUT2D eigenvalue weighted by molar-refractivity contribution is -0.384. The lowest BCUT2D eigenvalue weighted by Gasteiger charge is -2.19. The van der Waals surface area contributed by atoms with Crippen molar-refractivity contribution in [3.8, 4) is 0 Å². The van der Waals surface area contributed by atoms with Crippen molar-refractivity contribution in [3.05, 3.63) is 68.7 Å². The summed E-state index contributed by atoms with van der Waals surface area (Å²) >= 11 is 0. The van der Waals surface area contributed by atoms with Crippen LogP contribution in [-0.4, -0.2) is 35.0 Å². The van der Waals surface area contributed by atoms with Crippen LogP contribution >= 0.6 is 0 Å². The molecule has 1 unspecified atom stereocenters. The number of halogens is 2. The third kappa shape index (κ3) is 5.02. The number of aromatic nitrogens is 1. The number of carbonyl (C=O) groups excluding carboxylic acids is 1. The molecule has 1 aliphatic rings. The minimum absolute atomic E-state index is 0.130. The smallest absolute Gasteiger partial charge is 0.407 e. The van der Waals surface area contributed by atoms with Crippen LogP contribution in [0.1, 0.15) is 19.3 Å². The largest absolute Gasteiger partial charge is 0.419 e. The van der Waals surface area contributed by atoms with Gasteiger partial charge in [0.2, 0.25) is 5.91 Å². The standard InChI is InChI=1S/C22H22F2N4O5/c23-17-5-3-15(10-18(17)24)26-9-7-14(13-26)12-25-21(29)2-1-8-27-19-6-4-16(28(31)32)11-20(19)33-22(27)30/h3-6,10-11,14H,1-2,7-9,12-13H2,(H,25,29). The molecule has 1 fully saturated rings. The molecule has 1 N–H and O–H groups in total. The molecule has 0 bridgehead atoms. The van der Waals surface area contributed by atoms with Crippen LogP contribution in [0.25, 0.3) is 11.1 Å². The summed E-state index contributed by atoms with van der Waals surface area (Å²) in [6.45, 7) is 2.04. The van der Waals surface area contributed by atoms with E-state index in [9.17, 15) is 28.5 Å². The first kappa shape index (κ1) is 22.4. The van der Waals surface area contributed by atoms with Crippen molar-refractivity contribution >= 4 is 28.4 Å². The molecule has 4 rings (SSSR count). The normalized spacial score (nSPS) is 15.8. The molecule has 1 atom stereocenters. The van der Waals surface area contributed by atoms with Crippen molar-refractivity contribution in [2.24, 2.45) is 5.92 Å². The van der Waals surface area contributed by atoms with E-state index in [4.69, 9.17) is 4.42 Å². The van der Waals surface area contributed by atoms with Gasteiger partial charge in [0.05, 0.1) is 16.5 Å². The average Bonchev–Trinajstić information content (AvgIpc) is 3.38. The molecule has 0 saturated carbocycles. The molecule has 1 amide bonds. The molecule has 2 aromatic carbocycles. The quantitative estimate of drug-likeness (QED) is 0.408. The van der Waals surface area contributed by atoms with Crippen LogP contribution in [0.5, 0.6) is 0 Å². The van der Waals surface area contributed by atoms with Crippen LogP contribution in [-0.2, 0) is 11.3 Å². The number of nitro groups is 1. The number of amides is 1. The molecule has 1 aromatic heterocycles. The molecular formula is C22H22F2N4O5. The number of oxazole rings is 1. The first-order valence-corrected chi connectivity index (χ1v) is 10.6. The zero-order valence-electron chi connectivity index (χ0n) is 17.6. The highest BCUT2D eigenvalue weighted by Gasteiger charge is 2.24. The number of anilines is 1. The van der Waals surface area contributed by atoms with Gasteiger partial charge in [0.1, 0.15) is 0 Å². The maximum atomic E-state index is 13.5. The number of hydrogen-bond donors (Lipinski definition) is 1. The van der Waals surface area contributed by atoms with Crippen molar-refractivity contribution in [1.82, 2.24) is 9.88 Å². The summed E-state index contributed by atoms with van der Waals surface area (Å²) in [5, 5.41) is 13.7. The second-order valence-corrected chi connectivity index (χ2v) is 8.04. The van der Waals surface area contributed by atoms with Crippen molar-refractivity contribution in [2.45, 2.75) is 25.8 Å². The number of rotatable bonds is 8. The average molecular weight is 460 g/mol. The van der Waals surface area contributed by atoms with E-state index in [0.29, 0.717) is 37.3 Å². The van der Waals surface area contributed by atoms with Crippen LogP contribution in [0.15, 0.2) is 45.6 Å². The number of nitro benzene ring substituents is 1. The summed E-state index contributed by atoms with van der Waals surface area (Å²) in [5.41, 5.74) is 1.02. The van der Waals surface area contributed by atoms with Gasteiger partial charge in [0, 0.05) is 50.4 Å². The van der Waals surface area contributed by atoms with Gasteiger partial charge in [-0.25, -0.2) is 13.6 Å². The molecule has 11 heteroatoms. The molecule has 0 spiro atoms. The fourth-order valence-corrected chi connectivity index (χ4v) is 4.04. The molecule has 0 aliphatic carbocycles. The Morgan fingerprint density at radius 2 is 2.03 bits per heavy atom. The van der Waals surface area contributed by atoms with E-state index in [1.807, 2.05) is 4.90 Å². The van der Waals surface area contributed by atoms with Gasteiger partial charge in [-0.15, -0.1) is 0 Å². The fraction of sp³-hybridized carbons (Fsp3) is 0.364. The number of fused-ring (bicyclic) bond motifs is 1. The van der Waals surface area contributed by atoms with Gasteiger partial charge in [-0.2, -0.15) is 0 Å². The Hall–Kier alpha value is -3.76. The second-order valence-electron chi connectivity index (χ2n) is 8.04. The predicted molar refractivity (Wildman–Crippen MR) is 116 cm³/mol. The van der Waals surface area contributed by atoms with Crippen LogP contribution in [0, 0.1) is 27.7 Å². The van der Waals surface area contributed by atoms with E-state index < -0.39 is 22.3 Å². The van der Waals surface area contributed by atoms with Gasteiger partial charge in [0.25, 0.3) is 5.69 Å². The summed E-state index contributed by atoms with van der Waals surface area (Å²) < 4.78 is 33.0. The highest BCUT2D eigenvalue weighted by Crippen LogP contribution is 2.25.